The van der Waals surface area contributed by atoms with Crippen LogP contribution in [-0.2, 0) is 4.79 Å². The summed E-state index contributed by atoms with van der Waals surface area (Å²) >= 11 is 0. The molecule has 2 fully saturated rings. The number of aromatic nitrogens is 2. The summed E-state index contributed by atoms with van der Waals surface area (Å²) in [6.07, 6.45) is 3.40. The Labute approximate surface area is 204 Å². The van der Waals surface area contributed by atoms with Gasteiger partial charge in [0.05, 0.1) is 17.6 Å². The number of nitrogens with one attached hydrogen (secondary N) is 1. The normalized spacial score (nSPS) is 16.3. The average molecular weight is 467 g/mol. The van der Waals surface area contributed by atoms with Crippen LogP contribution < -0.4 is 10.2 Å². The van der Waals surface area contributed by atoms with E-state index in [4.69, 9.17) is 5.26 Å². The van der Waals surface area contributed by atoms with Gasteiger partial charge in [0.1, 0.15) is 0 Å². The Balaban J connectivity index is 1.11. The molecular weight excluding hydrogens is 440 g/mol. The van der Waals surface area contributed by atoms with Crippen LogP contribution in [-0.4, -0.2) is 53.1 Å². The molecule has 0 atom stereocenters. The van der Waals surface area contributed by atoms with Gasteiger partial charge in [-0.05, 0) is 66.8 Å². The minimum absolute atomic E-state index is 0.0187. The molecule has 8 nitrogen and oxygen atoms in total. The first-order chi connectivity index (χ1) is 17.1. The van der Waals surface area contributed by atoms with Crippen LogP contribution >= 0.6 is 0 Å². The van der Waals surface area contributed by atoms with Crippen LogP contribution in [0.25, 0.3) is 0 Å². The molecule has 1 aromatic heterocycles. The quantitative estimate of drug-likeness (QED) is 0.618. The lowest BCUT2D eigenvalue weighted by atomic mass is 9.89. The molecular formula is C27H26N6O2. The molecule has 2 amide bonds. The van der Waals surface area contributed by atoms with Gasteiger partial charge in [-0.1, -0.05) is 18.2 Å². The SMILES string of the molecule is N#Cc1cccc(C(=O)N2CCC(c3ccc(NC(=O)C4CN(c5cccnn5)C4)cc3)CC2)c1. The Kier molecular flexibility index (Phi) is 6.40. The fourth-order valence-electron chi connectivity index (χ4n) is 4.70. The molecule has 3 heterocycles. The summed E-state index contributed by atoms with van der Waals surface area (Å²) in [5, 5.41) is 20.1. The van der Waals surface area contributed by atoms with Crippen molar-refractivity contribution in [3.63, 3.8) is 0 Å². The minimum atomic E-state index is -0.0626. The maximum atomic E-state index is 12.8. The van der Waals surface area contributed by atoms with Gasteiger partial charge in [0.25, 0.3) is 5.91 Å². The van der Waals surface area contributed by atoms with Crippen molar-refractivity contribution in [1.82, 2.24) is 15.1 Å². The first-order valence-electron chi connectivity index (χ1n) is 11.8. The van der Waals surface area contributed by atoms with Crippen molar-refractivity contribution in [3.05, 3.63) is 83.6 Å². The second kappa shape index (κ2) is 9.94. The number of nitriles is 1. The van der Waals surface area contributed by atoms with Gasteiger partial charge in [0.2, 0.25) is 5.91 Å². The van der Waals surface area contributed by atoms with E-state index in [0.717, 1.165) is 24.3 Å². The number of nitrogens with zero attached hydrogens (tertiary/aromatic N) is 5. The molecule has 2 saturated heterocycles. The zero-order valence-corrected chi connectivity index (χ0v) is 19.3. The first-order valence-corrected chi connectivity index (χ1v) is 11.8. The Bertz CT molecular complexity index is 1240. The largest absolute Gasteiger partial charge is 0.353 e. The van der Waals surface area contributed by atoms with Crippen molar-refractivity contribution >= 4 is 23.3 Å². The van der Waals surface area contributed by atoms with Crippen LogP contribution in [0.5, 0.6) is 0 Å². The number of benzene rings is 2. The van der Waals surface area contributed by atoms with Crippen molar-refractivity contribution in [1.29, 1.82) is 5.26 Å². The van der Waals surface area contributed by atoms with E-state index < -0.39 is 0 Å². The minimum Gasteiger partial charge on any atom is -0.353 e. The molecule has 8 heteroatoms. The van der Waals surface area contributed by atoms with E-state index >= 15 is 0 Å². The summed E-state index contributed by atoms with van der Waals surface area (Å²) in [4.78, 5) is 29.3. The topological polar surface area (TPSA) is 102 Å². The van der Waals surface area contributed by atoms with E-state index in [2.05, 4.69) is 33.7 Å². The molecule has 5 rings (SSSR count). The van der Waals surface area contributed by atoms with E-state index in [-0.39, 0.29) is 17.7 Å². The van der Waals surface area contributed by atoms with Gasteiger partial charge < -0.3 is 15.1 Å². The summed E-state index contributed by atoms with van der Waals surface area (Å²) in [6.45, 7) is 2.65. The van der Waals surface area contributed by atoms with Gasteiger partial charge in [-0.2, -0.15) is 10.4 Å². The van der Waals surface area contributed by atoms with E-state index in [9.17, 15) is 9.59 Å². The first kappa shape index (κ1) is 22.5. The molecule has 0 radical (unpaired) electrons. The fraction of sp³-hybridized carbons (Fsp3) is 0.296. The monoisotopic (exact) mass is 466 g/mol. The molecule has 0 spiro atoms. The zero-order chi connectivity index (χ0) is 24.2. The number of carbonyl (C=O) groups excluding carboxylic acids is 2. The van der Waals surface area contributed by atoms with Gasteiger partial charge in [0.15, 0.2) is 5.82 Å². The fourth-order valence-corrected chi connectivity index (χ4v) is 4.70. The van der Waals surface area contributed by atoms with Gasteiger partial charge in [0, 0.05) is 43.6 Å². The highest BCUT2D eigenvalue weighted by Gasteiger charge is 2.33. The molecule has 3 aromatic rings. The lowest BCUT2D eigenvalue weighted by Gasteiger charge is -2.38. The van der Waals surface area contributed by atoms with Gasteiger partial charge >= 0.3 is 0 Å². The number of rotatable bonds is 5. The summed E-state index contributed by atoms with van der Waals surface area (Å²) in [6, 6.07) is 20.7. The summed E-state index contributed by atoms with van der Waals surface area (Å²) in [5.74, 6) is 1.11. The third-order valence-electron chi connectivity index (χ3n) is 6.80. The van der Waals surface area contributed by atoms with Crippen molar-refractivity contribution in [2.75, 3.05) is 36.4 Å². The highest BCUT2D eigenvalue weighted by molar-refractivity contribution is 5.95. The molecule has 1 N–H and O–H groups in total. The molecule has 2 aromatic carbocycles. The van der Waals surface area contributed by atoms with Crippen LogP contribution in [0.3, 0.4) is 0 Å². The van der Waals surface area contributed by atoms with Gasteiger partial charge in [-0.3, -0.25) is 9.59 Å². The molecule has 0 unspecified atom stereocenters. The van der Waals surface area contributed by atoms with E-state index in [1.807, 2.05) is 34.1 Å². The molecule has 176 valence electrons. The predicted octanol–water partition coefficient (Wildman–Crippen LogP) is 3.44. The summed E-state index contributed by atoms with van der Waals surface area (Å²) in [7, 11) is 0. The van der Waals surface area contributed by atoms with E-state index in [0.29, 0.717) is 43.2 Å². The van der Waals surface area contributed by atoms with Crippen molar-refractivity contribution in [3.8, 4) is 6.07 Å². The smallest absolute Gasteiger partial charge is 0.253 e. The van der Waals surface area contributed by atoms with Crippen LogP contribution in [0.1, 0.15) is 40.2 Å². The highest BCUT2D eigenvalue weighted by Crippen LogP contribution is 2.30. The summed E-state index contributed by atoms with van der Waals surface area (Å²) < 4.78 is 0. The second-order valence-corrected chi connectivity index (χ2v) is 9.05. The number of hydrogen-bond donors (Lipinski definition) is 1. The Hall–Kier alpha value is -4.25. The number of piperidine rings is 1. The third-order valence-corrected chi connectivity index (χ3v) is 6.80. The number of hydrogen-bond acceptors (Lipinski definition) is 6. The molecule has 35 heavy (non-hydrogen) atoms. The lowest BCUT2D eigenvalue weighted by molar-refractivity contribution is -0.120. The average Bonchev–Trinajstić information content (AvgIpc) is 2.88. The Morgan fingerprint density at radius 2 is 1.77 bits per heavy atom. The van der Waals surface area contributed by atoms with Crippen molar-refractivity contribution in [2.45, 2.75) is 18.8 Å². The highest BCUT2D eigenvalue weighted by atomic mass is 16.2. The van der Waals surface area contributed by atoms with Gasteiger partial charge in [-0.15, -0.1) is 5.10 Å². The molecule has 0 saturated carbocycles. The molecule has 2 aliphatic heterocycles. The van der Waals surface area contributed by atoms with Crippen LogP contribution in [0, 0.1) is 17.2 Å². The summed E-state index contributed by atoms with van der Waals surface area (Å²) in [5.41, 5.74) is 3.08. The van der Waals surface area contributed by atoms with Crippen molar-refractivity contribution < 1.29 is 9.59 Å². The maximum absolute atomic E-state index is 12.8. The number of anilines is 2. The Morgan fingerprint density at radius 1 is 1.00 bits per heavy atom. The van der Waals surface area contributed by atoms with Crippen LogP contribution in [0.15, 0.2) is 66.9 Å². The molecule has 2 aliphatic rings. The van der Waals surface area contributed by atoms with E-state index in [1.165, 1.54) is 5.56 Å². The predicted molar refractivity (Wildman–Crippen MR) is 132 cm³/mol. The molecule has 0 bridgehead atoms. The van der Waals surface area contributed by atoms with Crippen molar-refractivity contribution in [2.24, 2.45) is 5.92 Å². The standard InChI is InChI=1S/C27H26N6O2/c28-16-19-3-1-4-22(15-19)27(35)32-13-10-21(11-14-32)20-6-8-24(9-7-20)30-26(34)23-17-33(18-23)25-5-2-12-29-31-25/h1-9,12,15,21,23H,10-11,13-14,17-18H2,(H,30,34). The number of carbonyl (C=O) groups is 2. The molecule has 0 aliphatic carbocycles. The lowest BCUT2D eigenvalue weighted by Crippen LogP contribution is -2.52. The van der Waals surface area contributed by atoms with Crippen LogP contribution in [0.4, 0.5) is 11.5 Å². The van der Waals surface area contributed by atoms with Gasteiger partial charge in [-0.25, -0.2) is 0 Å². The third kappa shape index (κ3) is 4.99. The Morgan fingerprint density at radius 3 is 2.46 bits per heavy atom. The number of likely N-dealkylation sites (tertiary alicyclic amines) is 1. The second-order valence-electron chi connectivity index (χ2n) is 9.05. The zero-order valence-electron chi connectivity index (χ0n) is 19.3. The maximum Gasteiger partial charge on any atom is 0.253 e. The number of amides is 2. The van der Waals surface area contributed by atoms with Crippen LogP contribution in [0.2, 0.25) is 0 Å². The van der Waals surface area contributed by atoms with E-state index in [1.54, 1.807) is 30.5 Å².